The smallest absolute Gasteiger partial charge is 0.0235 e. The van der Waals surface area contributed by atoms with Gasteiger partial charge in [0.25, 0.3) is 0 Å². The number of hydrogen-bond donors (Lipinski definition) is 1. The quantitative estimate of drug-likeness (QED) is 0.762. The van der Waals surface area contributed by atoms with E-state index in [-0.39, 0.29) is 0 Å². The third kappa shape index (κ3) is 1.53. The molecule has 2 nitrogen and oxygen atoms in total. The van der Waals surface area contributed by atoms with Crippen molar-refractivity contribution in [2.45, 2.75) is 38.1 Å². The third-order valence-corrected chi connectivity index (χ3v) is 5.82. The molecule has 2 aliphatic heterocycles. The maximum absolute atomic E-state index is 3.67. The number of nitrogens with zero attached hydrogens (tertiary/aromatic N) is 1. The molecule has 0 spiro atoms. The first-order chi connectivity index (χ1) is 7.88. The van der Waals surface area contributed by atoms with Gasteiger partial charge in [-0.3, -0.25) is 0 Å². The monoisotopic (exact) mass is 220 g/mol. The van der Waals surface area contributed by atoms with Gasteiger partial charge in [-0.2, -0.15) is 0 Å². The summed E-state index contributed by atoms with van der Waals surface area (Å²) in [5, 5.41) is 3.67. The van der Waals surface area contributed by atoms with E-state index in [4.69, 9.17) is 0 Å². The third-order valence-electron chi connectivity index (χ3n) is 5.82. The molecule has 0 aromatic carbocycles. The summed E-state index contributed by atoms with van der Waals surface area (Å²) in [7, 11) is 0. The Kier molecular flexibility index (Phi) is 2.29. The zero-order valence-corrected chi connectivity index (χ0v) is 10.2. The van der Waals surface area contributed by atoms with Crippen LogP contribution in [-0.2, 0) is 0 Å². The molecule has 0 amide bonds. The lowest BCUT2D eigenvalue weighted by Crippen LogP contribution is -2.34. The van der Waals surface area contributed by atoms with Gasteiger partial charge in [0.2, 0.25) is 0 Å². The van der Waals surface area contributed by atoms with Crippen molar-refractivity contribution in [3.63, 3.8) is 0 Å². The second-order valence-electron chi connectivity index (χ2n) is 6.76. The van der Waals surface area contributed by atoms with Gasteiger partial charge in [-0.05, 0) is 55.9 Å². The second kappa shape index (κ2) is 3.71. The maximum atomic E-state index is 3.67. The van der Waals surface area contributed by atoms with Crippen molar-refractivity contribution < 1.29 is 0 Å². The van der Waals surface area contributed by atoms with Crippen molar-refractivity contribution in [3.05, 3.63) is 0 Å². The fraction of sp³-hybridized carbons (Fsp3) is 1.00. The summed E-state index contributed by atoms with van der Waals surface area (Å²) in [6.07, 6.45) is 7.66. The Morgan fingerprint density at radius 2 is 2.00 bits per heavy atom. The predicted octanol–water partition coefficient (Wildman–Crippen LogP) is 1.72. The van der Waals surface area contributed by atoms with E-state index in [1.165, 1.54) is 32.6 Å². The van der Waals surface area contributed by atoms with Crippen LogP contribution in [0.1, 0.15) is 32.1 Å². The highest BCUT2D eigenvalue weighted by molar-refractivity contribution is 4.97. The predicted molar refractivity (Wildman–Crippen MR) is 65.3 cm³/mol. The Hall–Kier alpha value is -0.0800. The molecular weight excluding hydrogens is 196 g/mol. The molecular formula is C14H24N2. The average molecular weight is 220 g/mol. The first-order valence-electron chi connectivity index (χ1n) is 7.34. The number of nitrogens with one attached hydrogen (secondary N) is 1. The Morgan fingerprint density at radius 1 is 1.00 bits per heavy atom. The van der Waals surface area contributed by atoms with Gasteiger partial charge in [0, 0.05) is 25.7 Å². The summed E-state index contributed by atoms with van der Waals surface area (Å²) in [5.41, 5.74) is 0. The Balaban J connectivity index is 1.35. The molecule has 2 saturated heterocycles. The van der Waals surface area contributed by atoms with E-state index in [9.17, 15) is 0 Å². The van der Waals surface area contributed by atoms with Gasteiger partial charge >= 0.3 is 0 Å². The highest BCUT2D eigenvalue weighted by Crippen LogP contribution is 2.48. The fourth-order valence-electron chi connectivity index (χ4n) is 5.02. The molecule has 5 atom stereocenters. The Morgan fingerprint density at radius 3 is 2.75 bits per heavy atom. The van der Waals surface area contributed by atoms with Crippen LogP contribution in [0.25, 0.3) is 0 Å². The van der Waals surface area contributed by atoms with Gasteiger partial charge in [0.15, 0.2) is 0 Å². The van der Waals surface area contributed by atoms with Crippen molar-refractivity contribution >= 4 is 0 Å². The van der Waals surface area contributed by atoms with E-state index >= 15 is 0 Å². The molecule has 2 aliphatic carbocycles. The lowest BCUT2D eigenvalue weighted by molar-refractivity contribution is 0.210. The van der Waals surface area contributed by atoms with Crippen LogP contribution < -0.4 is 5.32 Å². The lowest BCUT2D eigenvalue weighted by Gasteiger charge is -2.27. The normalized spacial score (nSPS) is 51.4. The molecule has 2 saturated carbocycles. The summed E-state index contributed by atoms with van der Waals surface area (Å²) in [5.74, 6) is 4.28. The molecule has 4 aliphatic rings. The van der Waals surface area contributed by atoms with Crippen LogP contribution in [0, 0.1) is 23.7 Å². The second-order valence-corrected chi connectivity index (χ2v) is 6.76. The molecule has 2 bridgehead atoms. The zero-order chi connectivity index (χ0) is 10.5. The van der Waals surface area contributed by atoms with Crippen LogP contribution in [-0.4, -0.2) is 37.1 Å². The highest BCUT2D eigenvalue weighted by Gasteiger charge is 2.42. The lowest BCUT2D eigenvalue weighted by atomic mass is 9.88. The molecule has 0 aromatic rings. The standard InChI is InChI=1S/C14H24N2/c1-2-11-5-10(1)6-13(11)8-16-7-12-3-4-15-14(12)9-16/h10-15H,1-9H2/t10?,11?,12-,13?,14+/m0/s1. The first kappa shape index (κ1) is 9.90. The molecule has 90 valence electrons. The van der Waals surface area contributed by atoms with E-state index in [1.54, 1.807) is 25.7 Å². The van der Waals surface area contributed by atoms with Gasteiger partial charge in [-0.1, -0.05) is 6.42 Å². The molecule has 4 fully saturated rings. The van der Waals surface area contributed by atoms with E-state index in [0.717, 1.165) is 29.7 Å². The number of fused-ring (bicyclic) bond motifs is 3. The molecule has 16 heavy (non-hydrogen) atoms. The molecule has 4 rings (SSSR count). The maximum Gasteiger partial charge on any atom is 0.0235 e. The number of rotatable bonds is 2. The summed E-state index contributed by atoms with van der Waals surface area (Å²) < 4.78 is 0. The van der Waals surface area contributed by atoms with Crippen LogP contribution in [0.2, 0.25) is 0 Å². The van der Waals surface area contributed by atoms with Crippen LogP contribution >= 0.6 is 0 Å². The van der Waals surface area contributed by atoms with E-state index in [0.29, 0.717) is 0 Å². The topological polar surface area (TPSA) is 15.3 Å². The summed E-state index contributed by atoms with van der Waals surface area (Å²) in [4.78, 5) is 2.77. The molecule has 1 N–H and O–H groups in total. The molecule has 0 radical (unpaired) electrons. The summed E-state index contributed by atoms with van der Waals surface area (Å²) in [6.45, 7) is 5.44. The van der Waals surface area contributed by atoms with Crippen molar-refractivity contribution in [1.29, 1.82) is 0 Å². The van der Waals surface area contributed by atoms with Crippen LogP contribution in [0.4, 0.5) is 0 Å². The van der Waals surface area contributed by atoms with Gasteiger partial charge < -0.3 is 10.2 Å². The minimum Gasteiger partial charge on any atom is -0.312 e. The zero-order valence-electron chi connectivity index (χ0n) is 10.2. The van der Waals surface area contributed by atoms with Gasteiger partial charge in [0.05, 0.1) is 0 Å². The molecule has 2 heterocycles. The summed E-state index contributed by atoms with van der Waals surface area (Å²) in [6, 6.07) is 0.846. The van der Waals surface area contributed by atoms with Gasteiger partial charge in [-0.15, -0.1) is 0 Å². The fourth-order valence-corrected chi connectivity index (χ4v) is 5.02. The van der Waals surface area contributed by atoms with Gasteiger partial charge in [0.1, 0.15) is 0 Å². The Labute approximate surface area is 98.8 Å². The average Bonchev–Trinajstić information content (AvgIpc) is 2.93. The minimum atomic E-state index is 0.846. The van der Waals surface area contributed by atoms with Crippen LogP contribution in [0.5, 0.6) is 0 Å². The van der Waals surface area contributed by atoms with E-state index in [2.05, 4.69) is 10.2 Å². The Bertz CT molecular complexity index is 266. The molecule has 0 aromatic heterocycles. The summed E-state index contributed by atoms with van der Waals surface area (Å²) >= 11 is 0. The minimum absolute atomic E-state index is 0.846. The van der Waals surface area contributed by atoms with Crippen molar-refractivity contribution in [2.24, 2.45) is 23.7 Å². The highest BCUT2D eigenvalue weighted by atomic mass is 15.2. The largest absolute Gasteiger partial charge is 0.312 e. The van der Waals surface area contributed by atoms with Crippen LogP contribution in [0.3, 0.4) is 0 Å². The first-order valence-corrected chi connectivity index (χ1v) is 7.34. The van der Waals surface area contributed by atoms with Crippen molar-refractivity contribution in [2.75, 3.05) is 26.2 Å². The van der Waals surface area contributed by atoms with Crippen molar-refractivity contribution in [1.82, 2.24) is 10.2 Å². The molecule has 3 unspecified atom stereocenters. The SMILES string of the molecule is C1C[C@H]2CN(CC3CC4CCC3C4)C[C@H]2N1. The number of likely N-dealkylation sites (tertiary alicyclic amines) is 1. The van der Waals surface area contributed by atoms with E-state index in [1.807, 2.05) is 0 Å². The molecule has 2 heteroatoms. The van der Waals surface area contributed by atoms with Crippen LogP contribution in [0.15, 0.2) is 0 Å². The van der Waals surface area contributed by atoms with Crippen molar-refractivity contribution in [3.8, 4) is 0 Å². The van der Waals surface area contributed by atoms with Gasteiger partial charge in [-0.25, -0.2) is 0 Å². The van der Waals surface area contributed by atoms with E-state index < -0.39 is 0 Å². The number of hydrogen-bond acceptors (Lipinski definition) is 2.